The van der Waals surface area contributed by atoms with Crippen LogP contribution in [-0.4, -0.2) is 70.1 Å². The van der Waals surface area contributed by atoms with Gasteiger partial charge < -0.3 is 25.3 Å². The molecule has 0 radical (unpaired) electrons. The molecule has 10 nitrogen and oxygen atoms in total. The van der Waals surface area contributed by atoms with E-state index in [4.69, 9.17) is 21.8 Å². The number of anilines is 2. The lowest BCUT2D eigenvalue weighted by Gasteiger charge is -2.32. The molecule has 3 heterocycles. The fourth-order valence-corrected chi connectivity index (χ4v) is 4.31. The van der Waals surface area contributed by atoms with Crippen LogP contribution in [0.15, 0.2) is 41.3 Å². The van der Waals surface area contributed by atoms with E-state index >= 15 is 0 Å². The zero-order valence-corrected chi connectivity index (χ0v) is 20.7. The number of amides is 2. The number of hydrogen-bond donors (Lipinski definition) is 2. The lowest BCUT2D eigenvalue weighted by molar-refractivity contribution is -0.132. The maximum Gasteiger partial charge on any atom is 0.292 e. The average molecular weight is 500 g/mol. The van der Waals surface area contributed by atoms with Crippen molar-refractivity contribution < 1.29 is 14.0 Å². The second-order valence-electron chi connectivity index (χ2n) is 8.95. The molecule has 186 valence electrons. The van der Waals surface area contributed by atoms with Gasteiger partial charge in [0.05, 0.1) is 22.9 Å². The Balaban J connectivity index is 1.37. The summed E-state index contributed by atoms with van der Waals surface area (Å²) in [7, 11) is 4.04. The predicted octanol–water partition coefficient (Wildman–Crippen LogP) is 3.53. The first kappa shape index (κ1) is 24.7. The van der Waals surface area contributed by atoms with Gasteiger partial charge in [0.1, 0.15) is 6.26 Å². The Morgan fingerprint density at radius 2 is 2.03 bits per heavy atom. The van der Waals surface area contributed by atoms with Gasteiger partial charge in [0.15, 0.2) is 5.69 Å². The lowest BCUT2D eigenvalue weighted by Crippen LogP contribution is -2.39. The number of nitrogens with zero attached hydrogens (tertiary/aromatic N) is 5. The largest absolute Gasteiger partial charge is 0.431 e. The van der Waals surface area contributed by atoms with E-state index in [-0.39, 0.29) is 23.7 Å². The molecule has 3 aromatic rings. The van der Waals surface area contributed by atoms with E-state index in [2.05, 4.69) is 20.3 Å². The topological polar surface area (TPSA) is 123 Å². The highest BCUT2D eigenvalue weighted by Gasteiger charge is 2.24. The van der Waals surface area contributed by atoms with Gasteiger partial charge in [-0.1, -0.05) is 17.7 Å². The van der Waals surface area contributed by atoms with E-state index < -0.39 is 5.91 Å². The van der Waals surface area contributed by atoms with Crippen molar-refractivity contribution in [1.29, 1.82) is 0 Å². The van der Waals surface area contributed by atoms with Crippen molar-refractivity contribution in [3.8, 4) is 11.1 Å². The van der Waals surface area contributed by atoms with E-state index in [1.807, 2.05) is 35.9 Å². The summed E-state index contributed by atoms with van der Waals surface area (Å²) in [4.78, 5) is 32.8. The highest BCUT2D eigenvalue weighted by Crippen LogP contribution is 2.31. The molecule has 0 spiro atoms. The minimum atomic E-state index is -0.469. The summed E-state index contributed by atoms with van der Waals surface area (Å²) in [5.74, 6) is -0.237. The van der Waals surface area contributed by atoms with Crippen LogP contribution < -0.4 is 11.1 Å². The van der Waals surface area contributed by atoms with Crippen LogP contribution in [0.5, 0.6) is 0 Å². The molecule has 1 aromatic carbocycles. The molecule has 2 amide bonds. The van der Waals surface area contributed by atoms with Crippen LogP contribution in [0.4, 0.5) is 11.7 Å². The molecule has 2 aromatic heterocycles. The van der Waals surface area contributed by atoms with Crippen molar-refractivity contribution in [1.82, 2.24) is 24.6 Å². The Morgan fingerprint density at radius 1 is 1.26 bits per heavy atom. The lowest BCUT2D eigenvalue weighted by atomic mass is 10.0. The molecular formula is C24H30ClN7O3. The molecule has 1 fully saturated rings. The quantitative estimate of drug-likeness (QED) is 0.486. The molecule has 4 rings (SSSR count). The normalized spacial score (nSPS) is 14.5. The second kappa shape index (κ2) is 10.9. The van der Waals surface area contributed by atoms with Gasteiger partial charge in [-0.25, -0.2) is 0 Å². The number of benzene rings is 1. The number of carbonyl (C=O) groups is 2. The van der Waals surface area contributed by atoms with E-state index in [0.717, 1.165) is 50.0 Å². The SMILES string of the molecule is CN(C)CCCC(=O)N1CCC(n2cc(-c3ccc(Cl)c(NC(=O)c4coc(N)n4)c3)cn2)CC1. The number of aromatic nitrogens is 3. The maximum absolute atomic E-state index is 12.5. The number of carbonyl (C=O) groups excluding carboxylic acids is 2. The van der Waals surface area contributed by atoms with Crippen molar-refractivity contribution in [2.45, 2.75) is 31.7 Å². The van der Waals surface area contributed by atoms with Gasteiger partial charge in [-0.2, -0.15) is 10.1 Å². The van der Waals surface area contributed by atoms with Gasteiger partial charge in [0.25, 0.3) is 11.9 Å². The third kappa shape index (κ3) is 6.20. The number of hydrogen-bond acceptors (Lipinski definition) is 7. The number of rotatable bonds is 8. The van der Waals surface area contributed by atoms with Gasteiger partial charge in [0.2, 0.25) is 5.91 Å². The summed E-state index contributed by atoms with van der Waals surface area (Å²) in [5, 5.41) is 7.71. The average Bonchev–Trinajstić information content (AvgIpc) is 3.50. The van der Waals surface area contributed by atoms with Gasteiger partial charge in [-0.15, -0.1) is 0 Å². The fourth-order valence-electron chi connectivity index (χ4n) is 4.15. The van der Waals surface area contributed by atoms with E-state index in [9.17, 15) is 9.59 Å². The predicted molar refractivity (Wildman–Crippen MR) is 134 cm³/mol. The first-order chi connectivity index (χ1) is 16.8. The third-order valence-corrected chi connectivity index (χ3v) is 6.42. The molecule has 0 atom stereocenters. The standard InChI is InChI=1S/C24H30ClN7O3/c1-30(2)9-3-4-22(33)31-10-7-18(8-11-31)32-14-17(13-27-32)16-5-6-19(25)20(12-16)28-23(34)21-15-35-24(26)29-21/h5-6,12-15,18H,3-4,7-11H2,1-2H3,(H2,26,29)(H,28,34). The highest BCUT2D eigenvalue weighted by atomic mass is 35.5. The number of oxazole rings is 1. The van der Waals surface area contributed by atoms with Gasteiger partial charge in [0, 0.05) is 31.3 Å². The molecule has 0 bridgehead atoms. The summed E-state index contributed by atoms with van der Waals surface area (Å²) >= 11 is 6.30. The van der Waals surface area contributed by atoms with Crippen LogP contribution in [0, 0.1) is 0 Å². The molecule has 1 aliphatic rings. The van der Waals surface area contributed by atoms with Crippen molar-refractivity contribution in [2.24, 2.45) is 0 Å². The molecule has 0 aliphatic carbocycles. The van der Waals surface area contributed by atoms with E-state index in [1.165, 1.54) is 6.26 Å². The van der Waals surface area contributed by atoms with Crippen LogP contribution in [0.1, 0.15) is 42.2 Å². The third-order valence-electron chi connectivity index (χ3n) is 6.09. The van der Waals surface area contributed by atoms with Crippen molar-refractivity contribution in [2.75, 3.05) is 44.8 Å². The van der Waals surface area contributed by atoms with Crippen LogP contribution in [0.25, 0.3) is 11.1 Å². The molecule has 35 heavy (non-hydrogen) atoms. The number of nitrogen functional groups attached to an aromatic ring is 1. The minimum absolute atomic E-state index is 0.0688. The number of likely N-dealkylation sites (tertiary alicyclic amines) is 1. The van der Waals surface area contributed by atoms with Gasteiger partial charge in [-0.05, 0) is 57.6 Å². The molecule has 1 saturated heterocycles. The molecule has 11 heteroatoms. The Hall–Kier alpha value is -3.37. The molecular weight excluding hydrogens is 470 g/mol. The first-order valence-corrected chi connectivity index (χ1v) is 12.0. The minimum Gasteiger partial charge on any atom is -0.431 e. The van der Waals surface area contributed by atoms with Crippen LogP contribution >= 0.6 is 11.6 Å². The summed E-state index contributed by atoms with van der Waals surface area (Å²) in [6, 6.07) is 5.55. The Kier molecular flexibility index (Phi) is 7.72. The van der Waals surface area contributed by atoms with Crippen molar-refractivity contribution >= 4 is 35.1 Å². The number of nitrogens with two attached hydrogens (primary N) is 1. The monoisotopic (exact) mass is 499 g/mol. The van der Waals surface area contributed by atoms with Gasteiger partial charge >= 0.3 is 0 Å². The van der Waals surface area contributed by atoms with Crippen LogP contribution in [0.2, 0.25) is 5.02 Å². The zero-order valence-electron chi connectivity index (χ0n) is 19.9. The van der Waals surface area contributed by atoms with Crippen molar-refractivity contribution in [3.63, 3.8) is 0 Å². The highest BCUT2D eigenvalue weighted by molar-refractivity contribution is 6.34. The van der Waals surface area contributed by atoms with Crippen LogP contribution in [-0.2, 0) is 4.79 Å². The molecule has 1 aliphatic heterocycles. The second-order valence-corrected chi connectivity index (χ2v) is 9.35. The molecule has 0 saturated carbocycles. The maximum atomic E-state index is 12.5. The summed E-state index contributed by atoms with van der Waals surface area (Å²) in [6.07, 6.45) is 8.18. The Morgan fingerprint density at radius 3 is 2.71 bits per heavy atom. The number of halogens is 1. The first-order valence-electron chi connectivity index (χ1n) is 11.6. The summed E-state index contributed by atoms with van der Waals surface area (Å²) in [5.41, 5.74) is 7.73. The molecule has 0 unspecified atom stereocenters. The molecule has 3 N–H and O–H groups in total. The Labute approximate surface area is 209 Å². The number of piperidine rings is 1. The van der Waals surface area contributed by atoms with Crippen molar-refractivity contribution in [3.05, 3.63) is 47.6 Å². The number of nitrogens with one attached hydrogen (secondary N) is 1. The smallest absolute Gasteiger partial charge is 0.292 e. The summed E-state index contributed by atoms with van der Waals surface area (Å²) < 4.78 is 6.86. The summed E-state index contributed by atoms with van der Waals surface area (Å²) in [6.45, 7) is 2.40. The zero-order chi connectivity index (χ0) is 24.9. The van der Waals surface area contributed by atoms with Crippen LogP contribution in [0.3, 0.4) is 0 Å². The fraction of sp³-hybridized carbons (Fsp3) is 0.417. The van der Waals surface area contributed by atoms with Gasteiger partial charge in [-0.3, -0.25) is 14.3 Å². The Bertz CT molecular complexity index is 1180. The van der Waals surface area contributed by atoms with E-state index in [0.29, 0.717) is 17.1 Å². The van der Waals surface area contributed by atoms with E-state index in [1.54, 1.807) is 18.3 Å².